The van der Waals surface area contributed by atoms with Gasteiger partial charge in [-0.3, -0.25) is 4.79 Å². The molecule has 0 unspecified atom stereocenters. The minimum absolute atomic E-state index is 0.0861. The number of carboxylic acids is 1. The van der Waals surface area contributed by atoms with Gasteiger partial charge in [-0.25, -0.2) is 14.6 Å². The van der Waals surface area contributed by atoms with Crippen molar-refractivity contribution in [2.75, 3.05) is 5.73 Å². The smallest absolute Gasteiger partial charge is 0.313 e. The minimum Gasteiger partial charge on any atom is -0.481 e. The fraction of sp³-hybridized carbons (Fsp3) is 0.167. The summed E-state index contributed by atoms with van der Waals surface area (Å²) in [6.45, 7) is 3.75. The number of benzene rings is 2. The second-order valence-corrected chi connectivity index (χ2v) is 8.12. The molecule has 0 aliphatic heterocycles. The third-order valence-electron chi connectivity index (χ3n) is 5.36. The summed E-state index contributed by atoms with van der Waals surface area (Å²) >= 11 is 0. The molecule has 0 amide bonds. The second-order valence-electron chi connectivity index (χ2n) is 8.12. The standard InChI is InChI=1S/C24H21N7O2/c1-24(2,22(32)33)18-8-4-6-16(10-18)13-31-14-21(29-30-31)20-11-19(27-23(26)28-20)17-7-3-5-15(9-17)12-25/h3-11,14H,13H2,1-2H3,(H,32,33)(H2,26,27,28). The molecular formula is C24H21N7O2. The van der Waals surface area contributed by atoms with Gasteiger partial charge in [0, 0.05) is 5.56 Å². The first-order valence-corrected chi connectivity index (χ1v) is 10.1. The maximum Gasteiger partial charge on any atom is 0.313 e. The van der Waals surface area contributed by atoms with Crippen LogP contribution < -0.4 is 5.73 Å². The zero-order valence-corrected chi connectivity index (χ0v) is 18.1. The Bertz CT molecular complexity index is 1390. The van der Waals surface area contributed by atoms with Gasteiger partial charge in [-0.1, -0.05) is 41.6 Å². The lowest BCUT2D eigenvalue weighted by atomic mass is 9.84. The van der Waals surface area contributed by atoms with Crippen LogP contribution >= 0.6 is 0 Å². The average Bonchev–Trinajstić information content (AvgIpc) is 3.27. The molecule has 0 saturated carbocycles. The maximum atomic E-state index is 11.6. The van der Waals surface area contributed by atoms with Crippen LogP contribution in [0.25, 0.3) is 22.6 Å². The average molecular weight is 439 g/mol. The molecule has 3 N–H and O–H groups in total. The number of nitrogen functional groups attached to an aromatic ring is 1. The van der Waals surface area contributed by atoms with Crippen LogP contribution in [0.5, 0.6) is 0 Å². The van der Waals surface area contributed by atoms with Gasteiger partial charge in [0.2, 0.25) is 5.95 Å². The van der Waals surface area contributed by atoms with Gasteiger partial charge in [-0.05, 0) is 43.2 Å². The summed E-state index contributed by atoms with van der Waals surface area (Å²) in [6, 6.07) is 18.3. The summed E-state index contributed by atoms with van der Waals surface area (Å²) in [4.78, 5) is 20.1. The molecule has 0 aliphatic rings. The molecule has 0 radical (unpaired) electrons. The Hall–Kier alpha value is -4.58. The number of rotatable bonds is 6. The molecule has 2 aromatic heterocycles. The topological polar surface area (TPSA) is 144 Å². The largest absolute Gasteiger partial charge is 0.481 e. The van der Waals surface area contributed by atoms with Crippen molar-refractivity contribution >= 4 is 11.9 Å². The third kappa shape index (κ3) is 4.55. The monoisotopic (exact) mass is 439 g/mol. The molecule has 9 heteroatoms. The summed E-state index contributed by atoms with van der Waals surface area (Å²) in [5, 5.41) is 27.0. The Morgan fingerprint density at radius 1 is 1.09 bits per heavy atom. The number of nitriles is 1. The van der Waals surface area contributed by atoms with E-state index in [-0.39, 0.29) is 5.95 Å². The zero-order valence-electron chi connectivity index (χ0n) is 18.1. The van der Waals surface area contributed by atoms with Crippen molar-refractivity contribution in [1.82, 2.24) is 25.0 Å². The zero-order chi connectivity index (χ0) is 23.6. The van der Waals surface area contributed by atoms with Crippen LogP contribution in [0.2, 0.25) is 0 Å². The van der Waals surface area contributed by atoms with Crippen LogP contribution in [0.15, 0.2) is 60.8 Å². The highest BCUT2D eigenvalue weighted by Crippen LogP contribution is 2.26. The lowest BCUT2D eigenvalue weighted by Crippen LogP contribution is -2.28. The van der Waals surface area contributed by atoms with Crippen LogP contribution in [0.4, 0.5) is 5.95 Å². The predicted octanol–water partition coefficient (Wildman–Crippen LogP) is 3.27. The van der Waals surface area contributed by atoms with E-state index in [1.807, 2.05) is 24.3 Å². The highest BCUT2D eigenvalue weighted by molar-refractivity contribution is 5.80. The Balaban J connectivity index is 1.61. The molecular weight excluding hydrogens is 418 g/mol. The first-order chi connectivity index (χ1) is 15.8. The molecule has 33 heavy (non-hydrogen) atoms. The summed E-state index contributed by atoms with van der Waals surface area (Å²) in [5.74, 6) is -0.803. The van der Waals surface area contributed by atoms with Gasteiger partial charge in [-0.15, -0.1) is 5.10 Å². The second kappa shape index (κ2) is 8.51. The molecule has 0 spiro atoms. The fourth-order valence-electron chi connectivity index (χ4n) is 3.36. The molecule has 0 fully saturated rings. The van der Waals surface area contributed by atoms with E-state index in [0.717, 1.165) is 11.1 Å². The number of carboxylic acid groups (broad SMARTS) is 1. The number of aromatic nitrogens is 5. The number of aliphatic carboxylic acids is 1. The van der Waals surface area contributed by atoms with E-state index >= 15 is 0 Å². The molecule has 0 saturated heterocycles. The van der Waals surface area contributed by atoms with E-state index in [4.69, 9.17) is 11.0 Å². The third-order valence-corrected chi connectivity index (χ3v) is 5.36. The van der Waals surface area contributed by atoms with Gasteiger partial charge in [-0.2, -0.15) is 5.26 Å². The first-order valence-electron chi connectivity index (χ1n) is 10.1. The van der Waals surface area contributed by atoms with Crippen molar-refractivity contribution in [3.8, 4) is 28.7 Å². The summed E-state index contributed by atoms with van der Waals surface area (Å²) in [7, 11) is 0. The summed E-state index contributed by atoms with van der Waals surface area (Å²) in [5.41, 5.74) is 9.40. The van der Waals surface area contributed by atoms with E-state index in [2.05, 4.69) is 26.3 Å². The molecule has 164 valence electrons. The van der Waals surface area contributed by atoms with Gasteiger partial charge >= 0.3 is 5.97 Å². The molecule has 2 heterocycles. The van der Waals surface area contributed by atoms with Crippen molar-refractivity contribution < 1.29 is 9.90 Å². The van der Waals surface area contributed by atoms with Gasteiger partial charge in [0.05, 0.1) is 41.2 Å². The van der Waals surface area contributed by atoms with Gasteiger partial charge < -0.3 is 10.8 Å². The van der Waals surface area contributed by atoms with Crippen LogP contribution in [0, 0.1) is 11.3 Å². The van der Waals surface area contributed by atoms with Crippen LogP contribution in [-0.2, 0) is 16.8 Å². The number of nitrogens with zero attached hydrogens (tertiary/aromatic N) is 6. The number of hydrogen-bond acceptors (Lipinski definition) is 7. The van der Waals surface area contributed by atoms with Crippen molar-refractivity contribution in [2.45, 2.75) is 25.8 Å². The van der Waals surface area contributed by atoms with Gasteiger partial charge in [0.25, 0.3) is 0 Å². The SMILES string of the molecule is CC(C)(C(=O)O)c1cccc(Cn2cc(-c3cc(-c4cccc(C#N)c4)nc(N)n3)nn2)c1. The molecule has 4 aromatic rings. The minimum atomic E-state index is -0.999. The first kappa shape index (κ1) is 21.6. The lowest BCUT2D eigenvalue weighted by molar-refractivity contribution is -0.142. The Morgan fingerprint density at radius 3 is 2.61 bits per heavy atom. The molecule has 0 atom stereocenters. The number of carbonyl (C=O) groups is 1. The van der Waals surface area contributed by atoms with E-state index in [9.17, 15) is 9.90 Å². The highest BCUT2D eigenvalue weighted by atomic mass is 16.4. The van der Waals surface area contributed by atoms with E-state index in [1.165, 1.54) is 0 Å². The van der Waals surface area contributed by atoms with Crippen molar-refractivity contribution in [3.05, 3.63) is 77.5 Å². The summed E-state index contributed by atoms with van der Waals surface area (Å²) < 4.78 is 1.65. The van der Waals surface area contributed by atoms with E-state index in [1.54, 1.807) is 55.1 Å². The molecule has 2 aromatic carbocycles. The van der Waals surface area contributed by atoms with Gasteiger partial charge in [0.1, 0.15) is 5.69 Å². The quantitative estimate of drug-likeness (QED) is 0.466. The van der Waals surface area contributed by atoms with Crippen molar-refractivity contribution in [2.24, 2.45) is 0 Å². The molecule has 0 bridgehead atoms. The Morgan fingerprint density at radius 2 is 1.85 bits per heavy atom. The number of nitrogens with two attached hydrogens (primary N) is 1. The van der Waals surface area contributed by atoms with Crippen LogP contribution in [0.1, 0.15) is 30.5 Å². The number of anilines is 1. The fourth-order valence-corrected chi connectivity index (χ4v) is 3.36. The normalized spacial score (nSPS) is 11.2. The Labute approximate surface area is 190 Å². The van der Waals surface area contributed by atoms with Crippen LogP contribution in [0.3, 0.4) is 0 Å². The summed E-state index contributed by atoms with van der Waals surface area (Å²) in [6.07, 6.45) is 1.74. The van der Waals surface area contributed by atoms with Gasteiger partial charge in [0.15, 0.2) is 0 Å². The maximum absolute atomic E-state index is 11.6. The predicted molar refractivity (Wildman–Crippen MR) is 122 cm³/mol. The van der Waals surface area contributed by atoms with Crippen molar-refractivity contribution in [1.29, 1.82) is 5.26 Å². The lowest BCUT2D eigenvalue weighted by Gasteiger charge is -2.20. The van der Waals surface area contributed by atoms with Crippen molar-refractivity contribution in [3.63, 3.8) is 0 Å². The van der Waals surface area contributed by atoms with Crippen LogP contribution in [-0.4, -0.2) is 36.0 Å². The van der Waals surface area contributed by atoms with E-state index in [0.29, 0.717) is 34.8 Å². The highest BCUT2D eigenvalue weighted by Gasteiger charge is 2.29. The molecule has 9 nitrogen and oxygen atoms in total. The Kier molecular flexibility index (Phi) is 5.58. The number of hydrogen-bond donors (Lipinski definition) is 2. The molecule has 0 aliphatic carbocycles. The van der Waals surface area contributed by atoms with E-state index < -0.39 is 11.4 Å². The molecule has 4 rings (SSSR count).